The number of piperidine rings is 1. The molecule has 0 radical (unpaired) electrons. The van der Waals surface area contributed by atoms with Gasteiger partial charge in [0.05, 0.1) is 19.9 Å². The zero-order chi connectivity index (χ0) is 28.8. The van der Waals surface area contributed by atoms with Gasteiger partial charge in [-0.05, 0) is 69.3 Å². The van der Waals surface area contributed by atoms with E-state index in [-0.39, 0.29) is 11.8 Å². The van der Waals surface area contributed by atoms with E-state index in [9.17, 15) is 4.79 Å². The van der Waals surface area contributed by atoms with Crippen molar-refractivity contribution in [1.82, 2.24) is 20.1 Å². The molecule has 2 aliphatic rings. The van der Waals surface area contributed by atoms with E-state index in [2.05, 4.69) is 26.1 Å². The Morgan fingerprint density at radius 1 is 1.00 bits per heavy atom. The van der Waals surface area contributed by atoms with Crippen LogP contribution in [0.25, 0.3) is 11.5 Å². The number of aryl methyl sites for hydroxylation is 1. The molecule has 41 heavy (non-hydrogen) atoms. The highest BCUT2D eigenvalue weighted by molar-refractivity contribution is 6.30. The number of ether oxygens (including phenoxy) is 2. The van der Waals surface area contributed by atoms with Gasteiger partial charge in [-0.3, -0.25) is 14.6 Å². The first-order valence-electron chi connectivity index (χ1n) is 14.3. The first kappa shape index (κ1) is 29.2. The lowest BCUT2D eigenvalue weighted by Crippen LogP contribution is -2.49. The van der Waals surface area contributed by atoms with Gasteiger partial charge in [-0.1, -0.05) is 17.7 Å². The number of nitrogens with one attached hydrogen (secondary N) is 1. The number of halogens is 1. The van der Waals surface area contributed by atoms with Crippen LogP contribution in [0.4, 0.5) is 5.69 Å². The molecule has 0 atom stereocenters. The molecule has 1 amide bonds. The molecular weight excluding hydrogens is 542 g/mol. The number of amides is 1. The van der Waals surface area contributed by atoms with Crippen molar-refractivity contribution in [2.75, 3.05) is 71.5 Å². The van der Waals surface area contributed by atoms with Gasteiger partial charge in [-0.2, -0.15) is 0 Å². The number of hydrogen-bond acceptors (Lipinski definition) is 8. The molecule has 9 nitrogen and oxygen atoms in total. The Kier molecular flexibility index (Phi) is 9.69. The third-order valence-corrected chi connectivity index (χ3v) is 8.36. The predicted molar refractivity (Wildman–Crippen MR) is 161 cm³/mol. The summed E-state index contributed by atoms with van der Waals surface area (Å²) >= 11 is 6.15. The van der Waals surface area contributed by atoms with Crippen LogP contribution >= 0.6 is 11.6 Å². The summed E-state index contributed by atoms with van der Waals surface area (Å²) in [5.74, 6) is 2.92. The Morgan fingerprint density at radius 2 is 1.76 bits per heavy atom. The summed E-state index contributed by atoms with van der Waals surface area (Å²) in [5, 5.41) is 3.96. The second-order valence-corrected chi connectivity index (χ2v) is 11.2. The minimum atomic E-state index is 0.0617. The molecule has 3 heterocycles. The number of oxazole rings is 1. The number of carbonyl (C=O) groups excluding carboxylic acids is 1. The fourth-order valence-corrected chi connectivity index (χ4v) is 5.80. The van der Waals surface area contributed by atoms with Crippen LogP contribution in [0.1, 0.15) is 24.3 Å². The molecular formula is C31H40ClN5O4. The van der Waals surface area contributed by atoms with Gasteiger partial charge in [0.2, 0.25) is 11.8 Å². The van der Waals surface area contributed by atoms with Gasteiger partial charge in [0.25, 0.3) is 0 Å². The van der Waals surface area contributed by atoms with Crippen LogP contribution in [0.5, 0.6) is 11.5 Å². The molecule has 220 valence electrons. The zero-order valence-electron chi connectivity index (χ0n) is 24.2. The predicted octanol–water partition coefficient (Wildman–Crippen LogP) is 4.47. The Bertz CT molecular complexity index is 1320. The number of carbonyl (C=O) groups is 1. The molecule has 2 aromatic carbocycles. The largest absolute Gasteiger partial charge is 0.493 e. The van der Waals surface area contributed by atoms with Crippen molar-refractivity contribution in [3.8, 4) is 23.0 Å². The summed E-state index contributed by atoms with van der Waals surface area (Å²) in [7, 11) is 3.23. The molecule has 10 heteroatoms. The van der Waals surface area contributed by atoms with E-state index < -0.39 is 0 Å². The third kappa shape index (κ3) is 7.33. The number of rotatable bonds is 10. The smallest absolute Gasteiger partial charge is 0.226 e. The molecule has 2 fully saturated rings. The fraction of sp³-hybridized carbons (Fsp3) is 0.484. The number of hydrogen-bond donors (Lipinski definition) is 1. The Morgan fingerprint density at radius 3 is 2.46 bits per heavy atom. The second-order valence-electron chi connectivity index (χ2n) is 10.7. The summed E-state index contributed by atoms with van der Waals surface area (Å²) in [4.78, 5) is 24.8. The van der Waals surface area contributed by atoms with E-state index in [0.717, 1.165) is 80.7 Å². The van der Waals surface area contributed by atoms with E-state index in [4.69, 9.17) is 30.5 Å². The van der Waals surface area contributed by atoms with Gasteiger partial charge in [-0.25, -0.2) is 4.98 Å². The number of anilines is 1. The minimum Gasteiger partial charge on any atom is -0.493 e. The SMILES string of the molecule is COc1ccc(-c2nc(CN3CCC(C(=O)NCCN4CCN(c5cccc(Cl)c5)CC4)CC3)c(C)o2)cc1OC. The van der Waals surface area contributed by atoms with Crippen molar-refractivity contribution in [2.24, 2.45) is 5.92 Å². The summed E-state index contributed by atoms with van der Waals surface area (Å²) < 4.78 is 16.7. The lowest BCUT2D eigenvalue weighted by atomic mass is 9.96. The summed E-state index contributed by atoms with van der Waals surface area (Å²) in [6.45, 7) is 9.84. The number of benzene rings is 2. The van der Waals surface area contributed by atoms with Crippen molar-refractivity contribution in [1.29, 1.82) is 0 Å². The van der Waals surface area contributed by atoms with Crippen molar-refractivity contribution in [3.63, 3.8) is 0 Å². The van der Waals surface area contributed by atoms with Gasteiger partial charge >= 0.3 is 0 Å². The van der Waals surface area contributed by atoms with E-state index >= 15 is 0 Å². The minimum absolute atomic E-state index is 0.0617. The number of likely N-dealkylation sites (tertiary alicyclic amines) is 1. The van der Waals surface area contributed by atoms with Gasteiger partial charge in [0, 0.05) is 68.0 Å². The van der Waals surface area contributed by atoms with Crippen LogP contribution in [0.2, 0.25) is 5.02 Å². The fourth-order valence-electron chi connectivity index (χ4n) is 5.62. The summed E-state index contributed by atoms with van der Waals surface area (Å²) in [6, 6.07) is 13.7. The average Bonchev–Trinajstić information content (AvgIpc) is 3.37. The number of aromatic nitrogens is 1. The maximum atomic E-state index is 12.9. The molecule has 0 saturated carbocycles. The highest BCUT2D eigenvalue weighted by Crippen LogP contribution is 2.33. The summed E-state index contributed by atoms with van der Waals surface area (Å²) in [6.07, 6.45) is 1.70. The first-order valence-corrected chi connectivity index (χ1v) is 14.7. The normalized spacial score (nSPS) is 17.0. The molecule has 0 bridgehead atoms. The van der Waals surface area contributed by atoms with Crippen molar-refractivity contribution in [2.45, 2.75) is 26.3 Å². The number of nitrogens with zero attached hydrogens (tertiary/aromatic N) is 4. The van der Waals surface area contributed by atoms with Gasteiger partial charge in [0.15, 0.2) is 11.5 Å². The number of piperazine rings is 1. The first-order chi connectivity index (χ1) is 19.9. The van der Waals surface area contributed by atoms with Crippen LogP contribution in [0, 0.1) is 12.8 Å². The maximum absolute atomic E-state index is 12.9. The van der Waals surface area contributed by atoms with E-state index in [1.807, 2.05) is 43.3 Å². The molecule has 3 aromatic rings. The van der Waals surface area contributed by atoms with Crippen LogP contribution in [-0.2, 0) is 11.3 Å². The molecule has 0 unspecified atom stereocenters. The van der Waals surface area contributed by atoms with Crippen LogP contribution in [0.15, 0.2) is 46.9 Å². The van der Waals surface area contributed by atoms with E-state index in [1.165, 1.54) is 5.69 Å². The monoisotopic (exact) mass is 581 g/mol. The maximum Gasteiger partial charge on any atom is 0.226 e. The zero-order valence-corrected chi connectivity index (χ0v) is 25.0. The molecule has 2 aliphatic heterocycles. The van der Waals surface area contributed by atoms with Crippen LogP contribution in [-0.4, -0.2) is 87.3 Å². The van der Waals surface area contributed by atoms with Crippen molar-refractivity contribution < 1.29 is 18.7 Å². The van der Waals surface area contributed by atoms with Gasteiger partial charge in [0.1, 0.15) is 5.76 Å². The Balaban J connectivity index is 1.03. The van der Waals surface area contributed by atoms with Crippen molar-refractivity contribution in [3.05, 3.63) is 58.9 Å². The second kappa shape index (κ2) is 13.6. The molecule has 1 aromatic heterocycles. The number of methoxy groups -OCH3 is 2. The average molecular weight is 582 g/mol. The molecule has 0 spiro atoms. The lowest BCUT2D eigenvalue weighted by Gasteiger charge is -2.36. The molecule has 0 aliphatic carbocycles. The van der Waals surface area contributed by atoms with Crippen molar-refractivity contribution >= 4 is 23.2 Å². The highest BCUT2D eigenvalue weighted by Gasteiger charge is 2.26. The molecule has 2 saturated heterocycles. The topological polar surface area (TPSA) is 83.3 Å². The standard InChI is InChI=1S/C31H40ClN5O4/c1-22-27(34-31(41-22)24-7-8-28(39-2)29(19-24)40-3)21-36-12-9-23(10-13-36)30(38)33-11-14-35-15-17-37(18-16-35)26-6-4-5-25(32)20-26/h4-8,19-20,23H,9-18,21H2,1-3H3,(H,33,38). The quantitative estimate of drug-likeness (QED) is 0.375. The van der Waals surface area contributed by atoms with Crippen LogP contribution in [0.3, 0.4) is 0 Å². The van der Waals surface area contributed by atoms with Gasteiger partial charge < -0.3 is 24.1 Å². The van der Waals surface area contributed by atoms with E-state index in [0.29, 0.717) is 30.5 Å². The molecule has 5 rings (SSSR count). The Hall–Kier alpha value is -3.27. The Labute approximate surface area is 247 Å². The lowest BCUT2D eigenvalue weighted by molar-refractivity contribution is -0.126. The highest BCUT2D eigenvalue weighted by atomic mass is 35.5. The van der Waals surface area contributed by atoms with Crippen LogP contribution < -0.4 is 19.7 Å². The molecule has 1 N–H and O–H groups in total. The summed E-state index contributed by atoms with van der Waals surface area (Å²) in [5.41, 5.74) is 2.94. The van der Waals surface area contributed by atoms with E-state index in [1.54, 1.807) is 14.2 Å². The third-order valence-electron chi connectivity index (χ3n) is 8.13. The van der Waals surface area contributed by atoms with Gasteiger partial charge in [-0.15, -0.1) is 0 Å².